The summed E-state index contributed by atoms with van der Waals surface area (Å²) in [6.07, 6.45) is 0.689. The summed E-state index contributed by atoms with van der Waals surface area (Å²) in [5, 5.41) is 3.94. The van der Waals surface area contributed by atoms with Gasteiger partial charge in [-0.15, -0.1) is 0 Å². The fourth-order valence-electron chi connectivity index (χ4n) is 3.49. The molecule has 3 aromatic rings. The molecule has 2 atom stereocenters. The number of fused-ring (bicyclic) bond motifs is 1. The monoisotopic (exact) mass is 389 g/mol. The first-order chi connectivity index (χ1) is 13.7. The molecule has 0 saturated carbocycles. The van der Waals surface area contributed by atoms with Crippen molar-refractivity contribution in [3.8, 4) is 0 Å². The van der Waals surface area contributed by atoms with Crippen LogP contribution in [0.25, 0.3) is 10.8 Å². The molecule has 0 aromatic heterocycles. The molecule has 3 aromatic carbocycles. The largest absolute Gasteiger partial charge is 0.272 e. The van der Waals surface area contributed by atoms with Gasteiger partial charge >= 0.3 is 0 Å². The number of hydrogen-bond acceptors (Lipinski definition) is 2. The summed E-state index contributed by atoms with van der Waals surface area (Å²) < 4.78 is 0. The van der Waals surface area contributed by atoms with Crippen molar-refractivity contribution < 1.29 is 9.63 Å². The quantitative estimate of drug-likeness (QED) is 0.461. The first-order valence-electron chi connectivity index (χ1n) is 10.3. The van der Waals surface area contributed by atoms with Crippen LogP contribution in [0.4, 0.5) is 0 Å². The van der Waals surface area contributed by atoms with Crippen LogP contribution < -0.4 is 0 Å². The molecule has 0 spiro atoms. The Morgan fingerprint density at radius 1 is 0.897 bits per heavy atom. The highest BCUT2D eigenvalue weighted by molar-refractivity contribution is 5.83. The molecular formula is C26H31NO2. The molecule has 152 valence electrons. The Hall–Kier alpha value is -2.65. The molecule has 0 N–H and O–H groups in total. The van der Waals surface area contributed by atoms with Crippen molar-refractivity contribution in [2.75, 3.05) is 0 Å². The predicted molar refractivity (Wildman–Crippen MR) is 119 cm³/mol. The zero-order valence-electron chi connectivity index (χ0n) is 18.1. The molecule has 0 unspecified atom stereocenters. The standard InChI is InChI=1S/C26H31NO2/c1-19(17-21-11-7-6-8-12-21)25(28)27(29-26(3,4)5)20(2)23-16-15-22-13-9-10-14-24(22)18-23/h6-16,18-20H,17H2,1-5H3/t19-,20+/m0/s1. The van der Waals surface area contributed by atoms with Crippen molar-refractivity contribution in [2.24, 2.45) is 5.92 Å². The van der Waals surface area contributed by atoms with Crippen LogP contribution in [0, 0.1) is 5.92 Å². The molecule has 3 nitrogen and oxygen atoms in total. The summed E-state index contributed by atoms with van der Waals surface area (Å²) in [5.74, 6) is -0.174. The lowest BCUT2D eigenvalue weighted by molar-refractivity contribution is -0.245. The van der Waals surface area contributed by atoms with Crippen LogP contribution in [0.1, 0.15) is 51.8 Å². The van der Waals surface area contributed by atoms with E-state index in [4.69, 9.17) is 4.84 Å². The van der Waals surface area contributed by atoms with Crippen LogP contribution in [0.2, 0.25) is 0 Å². The van der Waals surface area contributed by atoms with Crippen LogP contribution in [-0.4, -0.2) is 16.6 Å². The van der Waals surface area contributed by atoms with Gasteiger partial charge in [-0.2, -0.15) is 0 Å². The minimum atomic E-state index is -0.465. The zero-order valence-corrected chi connectivity index (χ0v) is 18.1. The third kappa shape index (κ3) is 5.45. The van der Waals surface area contributed by atoms with Crippen molar-refractivity contribution in [3.63, 3.8) is 0 Å². The maximum absolute atomic E-state index is 13.4. The van der Waals surface area contributed by atoms with Crippen molar-refractivity contribution in [2.45, 2.75) is 52.7 Å². The van der Waals surface area contributed by atoms with Gasteiger partial charge in [-0.05, 0) is 62.1 Å². The minimum absolute atomic E-state index is 0.00411. The molecule has 0 bridgehead atoms. The fourth-order valence-corrected chi connectivity index (χ4v) is 3.49. The van der Waals surface area contributed by atoms with Gasteiger partial charge in [-0.1, -0.05) is 73.7 Å². The summed E-state index contributed by atoms with van der Waals surface area (Å²) in [4.78, 5) is 19.6. The SMILES string of the molecule is C[C@H](c1ccc2ccccc2c1)N(OC(C)(C)C)C(=O)[C@@H](C)Cc1ccccc1. The highest BCUT2D eigenvalue weighted by Crippen LogP contribution is 2.29. The second-order valence-corrected chi connectivity index (χ2v) is 8.74. The summed E-state index contributed by atoms with van der Waals surface area (Å²) in [5.41, 5.74) is 1.75. The summed E-state index contributed by atoms with van der Waals surface area (Å²) in [7, 11) is 0. The number of nitrogens with zero attached hydrogens (tertiary/aromatic N) is 1. The van der Waals surface area contributed by atoms with Gasteiger partial charge in [-0.25, -0.2) is 5.06 Å². The number of rotatable bonds is 6. The van der Waals surface area contributed by atoms with Gasteiger partial charge in [0.1, 0.15) is 0 Å². The van der Waals surface area contributed by atoms with E-state index in [9.17, 15) is 4.79 Å². The predicted octanol–water partition coefficient (Wildman–Crippen LogP) is 6.34. The van der Waals surface area contributed by atoms with Gasteiger partial charge in [-0.3, -0.25) is 9.63 Å². The van der Waals surface area contributed by atoms with E-state index in [0.717, 1.165) is 16.5 Å². The van der Waals surface area contributed by atoms with Crippen molar-refractivity contribution >= 4 is 16.7 Å². The molecule has 0 heterocycles. The average molecular weight is 390 g/mol. The van der Waals surface area contributed by atoms with Gasteiger partial charge in [0, 0.05) is 5.92 Å². The Kier molecular flexibility index (Phi) is 6.39. The normalized spacial score (nSPS) is 13.8. The van der Waals surface area contributed by atoms with Crippen LogP contribution >= 0.6 is 0 Å². The maximum atomic E-state index is 13.4. The maximum Gasteiger partial charge on any atom is 0.249 e. The smallest absolute Gasteiger partial charge is 0.249 e. The molecular weight excluding hydrogens is 358 g/mol. The minimum Gasteiger partial charge on any atom is -0.272 e. The van der Waals surface area contributed by atoms with Gasteiger partial charge in [0.05, 0.1) is 11.6 Å². The molecule has 3 heteroatoms. The van der Waals surface area contributed by atoms with Crippen LogP contribution in [0.3, 0.4) is 0 Å². The van der Waals surface area contributed by atoms with E-state index in [0.29, 0.717) is 6.42 Å². The van der Waals surface area contributed by atoms with Crippen LogP contribution in [0.15, 0.2) is 72.8 Å². The van der Waals surface area contributed by atoms with Crippen molar-refractivity contribution in [1.29, 1.82) is 0 Å². The molecule has 0 aliphatic carbocycles. The number of hydrogen-bond donors (Lipinski definition) is 0. The summed E-state index contributed by atoms with van der Waals surface area (Å²) in [6.45, 7) is 9.93. The first kappa shape index (κ1) is 21.1. The fraction of sp³-hybridized carbons (Fsp3) is 0.346. The number of benzene rings is 3. The molecule has 0 aliphatic heterocycles. The average Bonchev–Trinajstić information content (AvgIpc) is 2.70. The Balaban J connectivity index is 1.87. The first-order valence-corrected chi connectivity index (χ1v) is 10.3. The third-order valence-corrected chi connectivity index (χ3v) is 5.00. The second kappa shape index (κ2) is 8.79. The van der Waals surface area contributed by atoms with E-state index >= 15 is 0 Å². The lowest BCUT2D eigenvalue weighted by Gasteiger charge is -2.36. The summed E-state index contributed by atoms with van der Waals surface area (Å²) in [6, 6.07) is 24.5. The Morgan fingerprint density at radius 3 is 2.17 bits per heavy atom. The van der Waals surface area contributed by atoms with Crippen LogP contribution in [0.5, 0.6) is 0 Å². The van der Waals surface area contributed by atoms with E-state index < -0.39 is 5.60 Å². The van der Waals surface area contributed by atoms with E-state index in [2.05, 4.69) is 42.5 Å². The van der Waals surface area contributed by atoms with Crippen molar-refractivity contribution in [1.82, 2.24) is 5.06 Å². The lowest BCUT2D eigenvalue weighted by atomic mass is 9.98. The highest BCUT2D eigenvalue weighted by atomic mass is 16.7. The van der Waals surface area contributed by atoms with Crippen molar-refractivity contribution in [3.05, 3.63) is 83.9 Å². The van der Waals surface area contributed by atoms with Gasteiger partial charge in [0.2, 0.25) is 5.91 Å². The Labute approximate surface area is 174 Å². The molecule has 3 rings (SSSR count). The molecule has 29 heavy (non-hydrogen) atoms. The molecule has 1 amide bonds. The zero-order chi connectivity index (χ0) is 21.0. The van der Waals surface area contributed by atoms with Gasteiger partial charge < -0.3 is 0 Å². The molecule has 0 fully saturated rings. The number of hydroxylamine groups is 2. The van der Waals surface area contributed by atoms with Gasteiger partial charge in [0.25, 0.3) is 0 Å². The molecule has 0 aliphatic rings. The number of amides is 1. The Bertz CT molecular complexity index is 959. The highest BCUT2D eigenvalue weighted by Gasteiger charge is 2.31. The summed E-state index contributed by atoms with van der Waals surface area (Å²) >= 11 is 0. The van der Waals surface area contributed by atoms with E-state index in [1.165, 1.54) is 5.39 Å². The van der Waals surface area contributed by atoms with Crippen LogP contribution in [-0.2, 0) is 16.1 Å². The van der Waals surface area contributed by atoms with E-state index in [-0.39, 0.29) is 17.9 Å². The van der Waals surface area contributed by atoms with E-state index in [1.54, 1.807) is 5.06 Å². The van der Waals surface area contributed by atoms with E-state index in [1.807, 2.05) is 65.0 Å². The van der Waals surface area contributed by atoms with Gasteiger partial charge in [0.15, 0.2) is 0 Å². The topological polar surface area (TPSA) is 29.5 Å². The lowest BCUT2D eigenvalue weighted by Crippen LogP contribution is -2.43. The third-order valence-electron chi connectivity index (χ3n) is 5.00. The Morgan fingerprint density at radius 2 is 1.52 bits per heavy atom. The number of carbonyl (C=O) groups is 1. The molecule has 0 saturated heterocycles. The molecule has 0 radical (unpaired) electrons. The second-order valence-electron chi connectivity index (χ2n) is 8.74. The number of carbonyl (C=O) groups excluding carboxylic acids is 1.